The van der Waals surface area contributed by atoms with Gasteiger partial charge in [-0.3, -0.25) is 4.79 Å². The van der Waals surface area contributed by atoms with E-state index in [-0.39, 0.29) is 0 Å². The van der Waals surface area contributed by atoms with E-state index in [4.69, 9.17) is 0 Å². The molecule has 1 saturated carbocycles. The quantitative estimate of drug-likeness (QED) is 0.587. The van der Waals surface area contributed by atoms with E-state index < -0.39 is 0 Å². The molecule has 0 saturated heterocycles. The van der Waals surface area contributed by atoms with Crippen LogP contribution in [0.1, 0.15) is 51.9 Å². The third kappa shape index (κ3) is 1.63. The molecule has 1 nitrogen and oxygen atoms in total. The molecule has 0 aromatic heterocycles. The van der Waals surface area contributed by atoms with Gasteiger partial charge in [-0.25, -0.2) is 0 Å². The van der Waals surface area contributed by atoms with Crippen LogP contribution in [0.5, 0.6) is 0 Å². The van der Waals surface area contributed by atoms with Crippen LogP contribution in [0.2, 0.25) is 0 Å². The zero-order valence-electron chi connectivity index (χ0n) is 11.7. The Labute approximate surface area is 115 Å². The van der Waals surface area contributed by atoms with Crippen molar-refractivity contribution < 1.29 is 4.79 Å². The van der Waals surface area contributed by atoms with E-state index in [9.17, 15) is 4.79 Å². The van der Waals surface area contributed by atoms with Gasteiger partial charge in [0.25, 0.3) is 0 Å². The summed E-state index contributed by atoms with van der Waals surface area (Å²) in [6.07, 6.45) is 14.9. The molecule has 4 aliphatic carbocycles. The van der Waals surface area contributed by atoms with Crippen LogP contribution in [0.15, 0.2) is 34.9 Å². The summed E-state index contributed by atoms with van der Waals surface area (Å²) in [6, 6.07) is 0. The summed E-state index contributed by atoms with van der Waals surface area (Å²) in [5, 5.41) is 0. The first-order valence-electron chi connectivity index (χ1n) is 7.80. The summed E-state index contributed by atoms with van der Waals surface area (Å²) in [4.78, 5) is 11.6. The van der Waals surface area contributed by atoms with Gasteiger partial charge in [0.1, 0.15) is 0 Å². The molecule has 1 fully saturated rings. The SMILES string of the molecule is C[C@@]12CC=C[C@H]1[C@@H]1CCC3=CC(=O)CCC3=C1CC2. The van der Waals surface area contributed by atoms with Crippen LogP contribution >= 0.6 is 0 Å². The predicted octanol–water partition coefficient (Wildman–Crippen LogP) is 4.36. The van der Waals surface area contributed by atoms with E-state index in [1.165, 1.54) is 31.3 Å². The van der Waals surface area contributed by atoms with Crippen molar-refractivity contribution in [1.82, 2.24) is 0 Å². The summed E-state index contributed by atoms with van der Waals surface area (Å²) < 4.78 is 0. The standard InChI is InChI=1S/C18H22O/c1-18-9-2-3-17(18)16-6-4-12-11-13(19)5-7-14(12)15(16)8-10-18/h2-3,11,16-17H,4-10H2,1H3/t16-,17+,18+/m1/s1. The Morgan fingerprint density at radius 3 is 3.00 bits per heavy atom. The molecule has 0 aliphatic heterocycles. The Balaban J connectivity index is 1.77. The molecular formula is C18H22O. The van der Waals surface area contributed by atoms with Crippen LogP contribution < -0.4 is 0 Å². The molecule has 4 rings (SSSR count). The first kappa shape index (κ1) is 11.7. The van der Waals surface area contributed by atoms with Crippen molar-refractivity contribution in [3.8, 4) is 0 Å². The number of fused-ring (bicyclic) bond motifs is 4. The van der Waals surface area contributed by atoms with Gasteiger partial charge in [0, 0.05) is 6.42 Å². The Hall–Kier alpha value is -1.11. The van der Waals surface area contributed by atoms with E-state index in [1.807, 2.05) is 6.08 Å². The lowest BCUT2D eigenvalue weighted by molar-refractivity contribution is -0.114. The first-order chi connectivity index (χ1) is 9.17. The van der Waals surface area contributed by atoms with Crippen LogP contribution in [0.3, 0.4) is 0 Å². The topological polar surface area (TPSA) is 17.1 Å². The molecule has 0 aromatic carbocycles. The van der Waals surface area contributed by atoms with E-state index in [0.717, 1.165) is 31.1 Å². The van der Waals surface area contributed by atoms with Crippen LogP contribution in [0.4, 0.5) is 0 Å². The lowest BCUT2D eigenvalue weighted by atomic mass is 9.58. The van der Waals surface area contributed by atoms with Gasteiger partial charge in [-0.15, -0.1) is 0 Å². The second-order valence-electron chi connectivity index (χ2n) is 7.10. The van der Waals surface area contributed by atoms with Crippen LogP contribution in [-0.2, 0) is 4.79 Å². The van der Waals surface area contributed by atoms with Gasteiger partial charge in [0.2, 0.25) is 0 Å². The van der Waals surface area contributed by atoms with Crippen LogP contribution in [-0.4, -0.2) is 5.78 Å². The minimum absolute atomic E-state index is 0.346. The highest BCUT2D eigenvalue weighted by Crippen LogP contribution is 2.57. The number of ketones is 1. The summed E-state index contributed by atoms with van der Waals surface area (Å²) >= 11 is 0. The number of hydrogen-bond acceptors (Lipinski definition) is 1. The molecule has 0 amide bonds. The summed E-state index contributed by atoms with van der Waals surface area (Å²) in [5.41, 5.74) is 5.21. The Bertz CT molecular complexity index is 534. The molecule has 0 heterocycles. The normalized spacial score (nSPS) is 40.7. The third-order valence-electron chi connectivity index (χ3n) is 6.04. The number of carbonyl (C=O) groups is 1. The van der Waals surface area contributed by atoms with Crippen molar-refractivity contribution >= 4 is 5.78 Å². The Kier molecular flexibility index (Phi) is 2.43. The largest absolute Gasteiger partial charge is 0.295 e. The maximum absolute atomic E-state index is 11.6. The molecule has 19 heavy (non-hydrogen) atoms. The lowest BCUT2D eigenvalue weighted by Crippen LogP contribution is -2.37. The summed E-state index contributed by atoms with van der Waals surface area (Å²) in [7, 11) is 0. The zero-order chi connectivity index (χ0) is 13.0. The fraction of sp³-hybridized carbons (Fsp3) is 0.611. The van der Waals surface area contributed by atoms with E-state index in [2.05, 4.69) is 19.1 Å². The van der Waals surface area contributed by atoms with Gasteiger partial charge >= 0.3 is 0 Å². The van der Waals surface area contributed by atoms with Crippen LogP contribution in [0, 0.1) is 17.3 Å². The highest BCUT2D eigenvalue weighted by molar-refractivity contribution is 5.93. The van der Waals surface area contributed by atoms with Crippen molar-refractivity contribution in [2.75, 3.05) is 0 Å². The summed E-state index contributed by atoms with van der Waals surface area (Å²) in [5.74, 6) is 1.89. The van der Waals surface area contributed by atoms with Gasteiger partial charge in [-0.1, -0.05) is 24.6 Å². The Morgan fingerprint density at radius 1 is 1.21 bits per heavy atom. The van der Waals surface area contributed by atoms with Crippen molar-refractivity contribution in [1.29, 1.82) is 0 Å². The molecule has 1 heteroatoms. The fourth-order valence-electron chi connectivity index (χ4n) is 4.95. The van der Waals surface area contributed by atoms with Crippen molar-refractivity contribution in [2.24, 2.45) is 17.3 Å². The lowest BCUT2D eigenvalue weighted by Gasteiger charge is -2.47. The maximum atomic E-state index is 11.6. The molecule has 0 bridgehead atoms. The van der Waals surface area contributed by atoms with Crippen molar-refractivity contribution in [3.63, 3.8) is 0 Å². The van der Waals surface area contributed by atoms with Crippen molar-refractivity contribution in [2.45, 2.75) is 51.9 Å². The van der Waals surface area contributed by atoms with E-state index in [1.54, 1.807) is 11.1 Å². The average molecular weight is 254 g/mol. The van der Waals surface area contributed by atoms with Crippen molar-refractivity contribution in [3.05, 3.63) is 34.9 Å². The summed E-state index contributed by atoms with van der Waals surface area (Å²) in [6.45, 7) is 2.48. The molecule has 0 aromatic rings. The Morgan fingerprint density at radius 2 is 2.11 bits per heavy atom. The highest BCUT2D eigenvalue weighted by Gasteiger charge is 2.46. The van der Waals surface area contributed by atoms with E-state index in [0.29, 0.717) is 11.2 Å². The minimum Gasteiger partial charge on any atom is -0.295 e. The first-order valence-corrected chi connectivity index (χ1v) is 7.80. The third-order valence-corrected chi connectivity index (χ3v) is 6.04. The second-order valence-corrected chi connectivity index (χ2v) is 7.10. The van der Waals surface area contributed by atoms with Gasteiger partial charge in [-0.05, 0) is 73.0 Å². The van der Waals surface area contributed by atoms with Gasteiger partial charge < -0.3 is 0 Å². The number of hydrogen-bond donors (Lipinski definition) is 0. The highest BCUT2D eigenvalue weighted by atomic mass is 16.1. The molecule has 0 unspecified atom stereocenters. The van der Waals surface area contributed by atoms with Gasteiger partial charge in [0.15, 0.2) is 5.78 Å². The number of allylic oxidation sites excluding steroid dienone is 6. The molecule has 0 radical (unpaired) electrons. The smallest absolute Gasteiger partial charge is 0.156 e. The minimum atomic E-state index is 0.346. The fourth-order valence-corrected chi connectivity index (χ4v) is 4.95. The number of carbonyl (C=O) groups excluding carboxylic acids is 1. The zero-order valence-corrected chi connectivity index (χ0v) is 11.7. The molecule has 0 spiro atoms. The maximum Gasteiger partial charge on any atom is 0.156 e. The predicted molar refractivity (Wildman–Crippen MR) is 76.7 cm³/mol. The molecule has 0 N–H and O–H groups in total. The average Bonchev–Trinajstić information content (AvgIpc) is 2.79. The molecule has 4 aliphatic rings. The number of rotatable bonds is 0. The molecule has 100 valence electrons. The van der Waals surface area contributed by atoms with Gasteiger partial charge in [0.05, 0.1) is 0 Å². The second kappa shape index (κ2) is 3.94. The molecule has 3 atom stereocenters. The van der Waals surface area contributed by atoms with E-state index >= 15 is 0 Å². The van der Waals surface area contributed by atoms with Crippen LogP contribution in [0.25, 0.3) is 0 Å². The monoisotopic (exact) mass is 254 g/mol. The molecular weight excluding hydrogens is 232 g/mol. The van der Waals surface area contributed by atoms with Gasteiger partial charge in [-0.2, -0.15) is 0 Å².